The fourth-order valence-corrected chi connectivity index (χ4v) is 4.33. The van der Waals surface area contributed by atoms with Crippen LogP contribution in [0.4, 0.5) is 5.69 Å². The highest BCUT2D eigenvalue weighted by Crippen LogP contribution is 2.39. The molecule has 7 heteroatoms. The van der Waals surface area contributed by atoms with E-state index < -0.39 is 11.4 Å². The molecular formula is C22H26N2O4S. The molecule has 29 heavy (non-hydrogen) atoms. The number of hydrogen-bond donors (Lipinski definition) is 1. The topological polar surface area (TPSA) is 71.4 Å². The van der Waals surface area contributed by atoms with E-state index in [2.05, 4.69) is 4.99 Å². The van der Waals surface area contributed by atoms with Gasteiger partial charge in [0.2, 0.25) is 5.91 Å². The van der Waals surface area contributed by atoms with Crippen molar-refractivity contribution in [1.29, 1.82) is 0 Å². The fourth-order valence-electron chi connectivity index (χ4n) is 3.12. The third-order valence-corrected chi connectivity index (χ3v) is 5.75. The molecule has 2 unspecified atom stereocenters. The third-order valence-electron chi connectivity index (χ3n) is 4.52. The van der Waals surface area contributed by atoms with E-state index in [4.69, 9.17) is 9.47 Å². The first-order valence-corrected chi connectivity index (χ1v) is 10.6. The zero-order valence-electron chi connectivity index (χ0n) is 16.9. The highest BCUT2D eigenvalue weighted by atomic mass is 32.2. The molecular weight excluding hydrogens is 388 g/mol. The summed E-state index contributed by atoms with van der Waals surface area (Å²) in [6.45, 7) is 4.94. The van der Waals surface area contributed by atoms with Crippen molar-refractivity contribution in [3.8, 4) is 11.5 Å². The Morgan fingerprint density at radius 2 is 1.93 bits per heavy atom. The predicted molar refractivity (Wildman–Crippen MR) is 116 cm³/mol. The van der Waals surface area contributed by atoms with Gasteiger partial charge >= 0.3 is 0 Å². The maximum absolute atomic E-state index is 13.1. The van der Waals surface area contributed by atoms with Gasteiger partial charge in [-0.2, -0.15) is 0 Å². The molecule has 2 atom stereocenters. The molecule has 1 amide bonds. The summed E-state index contributed by atoms with van der Waals surface area (Å²) in [5.74, 6) is 1.01. The number of aliphatic hydroxyl groups excluding tert-OH is 1. The Bertz CT molecular complexity index is 872. The molecule has 1 heterocycles. The van der Waals surface area contributed by atoms with Crippen LogP contribution in [0, 0.1) is 0 Å². The maximum Gasteiger partial charge on any atom is 0.245 e. The number of hydrogen-bond acceptors (Lipinski definition) is 6. The molecule has 2 aromatic rings. The number of carbonyl (C=O) groups excluding carboxylic acids is 1. The highest BCUT2D eigenvalue weighted by molar-refractivity contribution is 8.15. The molecule has 0 saturated carbocycles. The second-order valence-electron chi connectivity index (χ2n) is 6.55. The lowest BCUT2D eigenvalue weighted by Crippen LogP contribution is -2.34. The van der Waals surface area contributed by atoms with Crippen molar-refractivity contribution < 1.29 is 19.4 Å². The van der Waals surface area contributed by atoms with Gasteiger partial charge in [0.25, 0.3) is 0 Å². The lowest BCUT2D eigenvalue weighted by Gasteiger charge is -2.19. The summed E-state index contributed by atoms with van der Waals surface area (Å²) in [5.41, 5.74) is 1.39. The highest BCUT2D eigenvalue weighted by Gasteiger charge is 2.42. The van der Waals surface area contributed by atoms with E-state index in [0.717, 1.165) is 12.1 Å². The Morgan fingerprint density at radius 1 is 1.17 bits per heavy atom. The smallest absolute Gasteiger partial charge is 0.245 e. The van der Waals surface area contributed by atoms with Gasteiger partial charge in [-0.25, -0.2) is 4.99 Å². The van der Waals surface area contributed by atoms with Crippen LogP contribution in [0.1, 0.15) is 31.9 Å². The minimum absolute atomic E-state index is 0.132. The van der Waals surface area contributed by atoms with E-state index in [1.165, 1.54) is 11.8 Å². The first-order valence-electron chi connectivity index (χ1n) is 9.69. The van der Waals surface area contributed by atoms with Gasteiger partial charge in [-0.15, -0.1) is 0 Å². The molecule has 154 valence electrons. The summed E-state index contributed by atoms with van der Waals surface area (Å²) < 4.78 is 10.9. The summed E-state index contributed by atoms with van der Waals surface area (Å²) >= 11 is 1.30. The quantitative estimate of drug-likeness (QED) is 0.702. The number of methoxy groups -OCH3 is 1. The van der Waals surface area contributed by atoms with Gasteiger partial charge in [-0.3, -0.25) is 9.69 Å². The zero-order valence-corrected chi connectivity index (χ0v) is 17.7. The van der Waals surface area contributed by atoms with Crippen LogP contribution in [-0.4, -0.2) is 46.6 Å². The summed E-state index contributed by atoms with van der Waals surface area (Å²) in [5, 5.41) is 11.0. The van der Waals surface area contributed by atoms with Gasteiger partial charge in [0, 0.05) is 6.54 Å². The van der Waals surface area contributed by atoms with Gasteiger partial charge in [0.15, 0.2) is 16.7 Å². The van der Waals surface area contributed by atoms with Crippen molar-refractivity contribution in [2.75, 3.05) is 20.3 Å². The van der Waals surface area contributed by atoms with Gasteiger partial charge in [0.1, 0.15) is 11.4 Å². The molecule has 1 aliphatic rings. The van der Waals surface area contributed by atoms with Crippen LogP contribution < -0.4 is 9.47 Å². The van der Waals surface area contributed by atoms with E-state index in [0.29, 0.717) is 35.4 Å². The molecule has 1 N–H and O–H groups in total. The number of amides is 1. The van der Waals surface area contributed by atoms with Crippen molar-refractivity contribution in [2.24, 2.45) is 4.99 Å². The van der Waals surface area contributed by atoms with E-state index in [1.807, 2.05) is 44.2 Å². The molecule has 6 nitrogen and oxygen atoms in total. The summed E-state index contributed by atoms with van der Waals surface area (Å²) in [7, 11) is 1.57. The molecule has 0 aromatic heterocycles. The van der Waals surface area contributed by atoms with Gasteiger partial charge < -0.3 is 14.6 Å². The summed E-state index contributed by atoms with van der Waals surface area (Å²) in [4.78, 5) is 19.4. The second kappa shape index (κ2) is 9.80. The largest absolute Gasteiger partial charge is 0.493 e. The van der Waals surface area contributed by atoms with Crippen molar-refractivity contribution >= 4 is 28.5 Å². The number of rotatable bonds is 8. The predicted octanol–water partition coefficient (Wildman–Crippen LogP) is 4.17. The Kier molecular flexibility index (Phi) is 7.17. The van der Waals surface area contributed by atoms with E-state index in [9.17, 15) is 9.90 Å². The Hall–Kier alpha value is -2.51. The van der Waals surface area contributed by atoms with Crippen LogP contribution >= 0.6 is 11.8 Å². The van der Waals surface area contributed by atoms with Crippen LogP contribution in [0.3, 0.4) is 0 Å². The number of thioether (sulfide) groups is 1. The Labute approximate surface area is 175 Å². The van der Waals surface area contributed by atoms with Crippen LogP contribution in [0.5, 0.6) is 11.5 Å². The SMILES string of the molecule is CCCN1C(=O)C(C(O)c2ccc(OC)c(OCC)c2)SC1=Nc1ccccc1. The Morgan fingerprint density at radius 3 is 2.59 bits per heavy atom. The first kappa shape index (κ1) is 21.2. The van der Waals surface area contributed by atoms with Crippen molar-refractivity contribution in [3.63, 3.8) is 0 Å². The van der Waals surface area contributed by atoms with Crippen LogP contribution in [0.15, 0.2) is 53.5 Å². The third kappa shape index (κ3) is 4.74. The number of amidine groups is 1. The number of aliphatic hydroxyl groups is 1. The second-order valence-corrected chi connectivity index (χ2v) is 7.66. The molecule has 3 rings (SSSR count). The maximum atomic E-state index is 13.1. The number of aliphatic imine (C=N–C) groups is 1. The summed E-state index contributed by atoms with van der Waals surface area (Å²) in [6.07, 6.45) is -0.180. The first-order chi connectivity index (χ1) is 14.1. The average Bonchev–Trinajstić information content (AvgIpc) is 3.04. The average molecular weight is 415 g/mol. The van der Waals surface area contributed by atoms with Crippen LogP contribution in [0.2, 0.25) is 0 Å². The van der Waals surface area contributed by atoms with Crippen molar-refractivity contribution in [2.45, 2.75) is 31.6 Å². The van der Waals surface area contributed by atoms with Crippen molar-refractivity contribution in [3.05, 3.63) is 54.1 Å². The number of benzene rings is 2. The number of para-hydroxylation sites is 1. The van der Waals surface area contributed by atoms with Crippen LogP contribution in [0.25, 0.3) is 0 Å². The van der Waals surface area contributed by atoms with E-state index in [1.54, 1.807) is 30.2 Å². The molecule has 2 aromatic carbocycles. The lowest BCUT2D eigenvalue weighted by molar-refractivity contribution is -0.128. The molecule has 0 aliphatic carbocycles. The normalized spacial score (nSPS) is 18.9. The minimum atomic E-state index is -0.986. The van der Waals surface area contributed by atoms with Crippen molar-refractivity contribution in [1.82, 2.24) is 4.90 Å². The zero-order chi connectivity index (χ0) is 20.8. The lowest BCUT2D eigenvalue weighted by atomic mass is 10.0. The monoisotopic (exact) mass is 414 g/mol. The Balaban J connectivity index is 1.89. The van der Waals surface area contributed by atoms with Gasteiger partial charge in [0.05, 0.1) is 19.4 Å². The van der Waals surface area contributed by atoms with E-state index >= 15 is 0 Å². The standard InChI is InChI=1S/C22H26N2O4S/c1-4-13-24-21(26)20(29-22(24)23-16-9-7-6-8-10-16)19(25)15-11-12-17(27-3)18(14-15)28-5-2/h6-12,14,19-20,25H,4-5,13H2,1-3H3. The number of ether oxygens (including phenoxy) is 2. The molecule has 1 aliphatic heterocycles. The molecule has 1 saturated heterocycles. The van der Waals surface area contributed by atoms with E-state index in [-0.39, 0.29) is 5.91 Å². The number of nitrogens with zero attached hydrogens (tertiary/aromatic N) is 2. The fraction of sp³-hybridized carbons (Fsp3) is 0.364. The molecule has 1 fully saturated rings. The van der Waals surface area contributed by atoms with Gasteiger partial charge in [-0.05, 0) is 43.2 Å². The summed E-state index contributed by atoms with van der Waals surface area (Å²) in [6, 6.07) is 14.8. The van der Waals surface area contributed by atoms with Crippen LogP contribution in [-0.2, 0) is 4.79 Å². The number of carbonyl (C=O) groups is 1. The molecule has 0 bridgehead atoms. The molecule has 0 spiro atoms. The minimum Gasteiger partial charge on any atom is -0.493 e. The van der Waals surface area contributed by atoms with Gasteiger partial charge in [-0.1, -0.05) is 43.0 Å². The molecule has 0 radical (unpaired) electrons.